The van der Waals surface area contributed by atoms with Crippen molar-refractivity contribution in [1.82, 2.24) is 10.2 Å². The van der Waals surface area contributed by atoms with Crippen molar-refractivity contribution in [3.8, 4) is 0 Å². The van der Waals surface area contributed by atoms with Gasteiger partial charge in [-0.15, -0.1) is 11.3 Å². The molecule has 1 saturated heterocycles. The third kappa shape index (κ3) is 3.23. The van der Waals surface area contributed by atoms with Crippen LogP contribution in [0, 0.1) is 5.92 Å². The minimum atomic E-state index is -0.440. The summed E-state index contributed by atoms with van der Waals surface area (Å²) in [4.78, 5) is 27.4. The number of carbonyl (C=O) groups is 2. The Morgan fingerprint density at radius 3 is 2.70 bits per heavy atom. The lowest BCUT2D eigenvalue weighted by molar-refractivity contribution is -0.150. The van der Waals surface area contributed by atoms with Crippen LogP contribution in [0.3, 0.4) is 0 Å². The van der Waals surface area contributed by atoms with Crippen molar-refractivity contribution in [2.45, 2.75) is 45.8 Å². The number of hydrogen-bond acceptors (Lipinski definition) is 3. The zero-order chi connectivity index (χ0) is 14.9. The van der Waals surface area contributed by atoms with E-state index in [0.717, 1.165) is 9.35 Å². The molecule has 2 atom stereocenters. The maximum atomic E-state index is 12.4. The molecule has 2 amide bonds. The van der Waals surface area contributed by atoms with Crippen LogP contribution in [0.25, 0.3) is 0 Å². The van der Waals surface area contributed by atoms with E-state index in [1.807, 2.05) is 11.4 Å². The molecule has 20 heavy (non-hydrogen) atoms. The maximum Gasteiger partial charge on any atom is 0.245 e. The first-order chi connectivity index (χ1) is 9.40. The monoisotopic (exact) mass is 358 g/mol. The molecule has 4 nitrogen and oxygen atoms in total. The van der Waals surface area contributed by atoms with E-state index in [0.29, 0.717) is 18.9 Å². The highest BCUT2D eigenvalue weighted by Crippen LogP contribution is 2.27. The highest BCUT2D eigenvalue weighted by molar-refractivity contribution is 9.10. The fourth-order valence-electron chi connectivity index (χ4n) is 2.38. The van der Waals surface area contributed by atoms with Gasteiger partial charge >= 0.3 is 0 Å². The molecule has 6 heteroatoms. The first-order valence-electron chi connectivity index (χ1n) is 6.73. The predicted molar refractivity (Wildman–Crippen MR) is 83.4 cm³/mol. The van der Waals surface area contributed by atoms with Gasteiger partial charge in [-0.25, -0.2) is 0 Å². The minimum Gasteiger partial charge on any atom is -0.343 e. The van der Waals surface area contributed by atoms with Crippen LogP contribution in [0.5, 0.6) is 0 Å². The Hall–Kier alpha value is -0.880. The van der Waals surface area contributed by atoms with Gasteiger partial charge in [0.2, 0.25) is 11.8 Å². The maximum absolute atomic E-state index is 12.4. The number of piperazine rings is 1. The molecule has 1 N–H and O–H groups in total. The lowest BCUT2D eigenvalue weighted by Crippen LogP contribution is -2.62. The second kappa shape index (κ2) is 6.26. The molecule has 2 unspecified atom stereocenters. The average molecular weight is 359 g/mol. The second-order valence-electron chi connectivity index (χ2n) is 5.53. The summed E-state index contributed by atoms with van der Waals surface area (Å²) in [5, 5.41) is 4.75. The van der Waals surface area contributed by atoms with Crippen molar-refractivity contribution in [3.63, 3.8) is 0 Å². The van der Waals surface area contributed by atoms with E-state index in [9.17, 15) is 9.59 Å². The van der Waals surface area contributed by atoms with Crippen molar-refractivity contribution in [2.75, 3.05) is 0 Å². The van der Waals surface area contributed by atoms with Gasteiger partial charge in [0.15, 0.2) is 0 Å². The van der Waals surface area contributed by atoms with E-state index in [2.05, 4.69) is 35.1 Å². The number of hydrogen-bond donors (Lipinski definition) is 1. The van der Waals surface area contributed by atoms with Gasteiger partial charge in [-0.3, -0.25) is 9.59 Å². The van der Waals surface area contributed by atoms with Gasteiger partial charge in [0.1, 0.15) is 12.1 Å². The number of rotatable bonds is 4. The summed E-state index contributed by atoms with van der Waals surface area (Å²) in [6.45, 7) is 6.36. The van der Waals surface area contributed by atoms with Crippen LogP contribution in [0.15, 0.2) is 15.9 Å². The zero-order valence-electron chi connectivity index (χ0n) is 11.9. The Balaban J connectivity index is 2.24. The van der Waals surface area contributed by atoms with Crippen LogP contribution in [0.4, 0.5) is 0 Å². The zero-order valence-corrected chi connectivity index (χ0v) is 14.3. The minimum absolute atomic E-state index is 0.00412. The van der Waals surface area contributed by atoms with E-state index in [-0.39, 0.29) is 17.9 Å². The van der Waals surface area contributed by atoms with Gasteiger partial charge in [0, 0.05) is 9.35 Å². The lowest BCUT2D eigenvalue weighted by atomic mass is 9.98. The Morgan fingerprint density at radius 2 is 2.15 bits per heavy atom. The topological polar surface area (TPSA) is 49.4 Å². The lowest BCUT2D eigenvalue weighted by Gasteiger charge is -2.38. The van der Waals surface area contributed by atoms with E-state index in [1.165, 1.54) is 0 Å². The van der Waals surface area contributed by atoms with Crippen LogP contribution >= 0.6 is 27.3 Å². The molecule has 1 aliphatic rings. The number of carbonyl (C=O) groups excluding carboxylic acids is 2. The summed E-state index contributed by atoms with van der Waals surface area (Å²) in [5.41, 5.74) is 0. The average Bonchev–Trinajstić information content (AvgIpc) is 2.76. The molecule has 1 aromatic heterocycles. The number of halogens is 1. The Bertz CT molecular complexity index is 515. The van der Waals surface area contributed by atoms with Crippen molar-refractivity contribution >= 4 is 39.1 Å². The first kappa shape index (κ1) is 15.5. The molecule has 1 fully saturated rings. The normalized spacial score (nSPS) is 23.4. The largest absolute Gasteiger partial charge is 0.343 e. The van der Waals surface area contributed by atoms with Gasteiger partial charge < -0.3 is 10.2 Å². The Kier molecular flexibility index (Phi) is 4.86. The van der Waals surface area contributed by atoms with Crippen LogP contribution in [-0.4, -0.2) is 28.8 Å². The molecule has 0 aromatic carbocycles. The molecule has 2 rings (SSSR count). The van der Waals surface area contributed by atoms with Crippen molar-refractivity contribution < 1.29 is 9.59 Å². The molecular formula is C14H19BrN2O2S. The van der Waals surface area contributed by atoms with Gasteiger partial charge in [0.25, 0.3) is 0 Å². The summed E-state index contributed by atoms with van der Waals surface area (Å²) in [6.07, 6.45) is 0.688. The molecule has 0 aliphatic carbocycles. The third-order valence-corrected chi connectivity index (χ3v) is 5.30. The molecule has 1 aromatic rings. The fourth-order valence-corrected chi connectivity index (χ4v) is 3.85. The molecule has 1 aliphatic heterocycles. The van der Waals surface area contributed by atoms with E-state index >= 15 is 0 Å². The van der Waals surface area contributed by atoms with E-state index in [1.54, 1.807) is 23.2 Å². The standard InChI is InChI=1S/C14H19BrN2O2S/c1-8(2)6-11-13(18)16-9(3)14(19)17(11)7-12-10(15)4-5-20-12/h4-5,8-9,11H,6-7H2,1-3H3,(H,16,18). The summed E-state index contributed by atoms with van der Waals surface area (Å²) in [5.74, 6) is 0.315. The smallest absolute Gasteiger partial charge is 0.245 e. The quantitative estimate of drug-likeness (QED) is 0.899. The summed E-state index contributed by atoms with van der Waals surface area (Å²) in [6, 6.07) is 1.16. The van der Waals surface area contributed by atoms with Gasteiger partial charge in [0.05, 0.1) is 6.54 Å². The molecule has 0 radical (unpaired) electrons. The Morgan fingerprint density at radius 1 is 1.45 bits per heavy atom. The summed E-state index contributed by atoms with van der Waals surface area (Å²) in [7, 11) is 0. The van der Waals surface area contributed by atoms with Crippen LogP contribution < -0.4 is 5.32 Å². The highest BCUT2D eigenvalue weighted by Gasteiger charge is 2.38. The summed E-state index contributed by atoms with van der Waals surface area (Å²) < 4.78 is 0.997. The number of nitrogens with one attached hydrogen (secondary N) is 1. The van der Waals surface area contributed by atoms with E-state index < -0.39 is 6.04 Å². The fraction of sp³-hybridized carbons (Fsp3) is 0.571. The molecule has 2 heterocycles. The molecular weight excluding hydrogens is 340 g/mol. The number of thiophene rings is 1. The first-order valence-corrected chi connectivity index (χ1v) is 8.40. The molecule has 110 valence electrons. The van der Waals surface area contributed by atoms with Gasteiger partial charge in [-0.2, -0.15) is 0 Å². The SMILES string of the molecule is CC(C)CC1C(=O)NC(C)C(=O)N1Cc1sccc1Br. The highest BCUT2D eigenvalue weighted by atomic mass is 79.9. The third-order valence-electron chi connectivity index (χ3n) is 3.39. The Labute approximate surface area is 131 Å². The van der Waals surface area contributed by atoms with Gasteiger partial charge in [-0.05, 0) is 46.6 Å². The molecule has 0 spiro atoms. The van der Waals surface area contributed by atoms with Crippen molar-refractivity contribution in [2.24, 2.45) is 5.92 Å². The van der Waals surface area contributed by atoms with Crippen molar-refractivity contribution in [1.29, 1.82) is 0 Å². The predicted octanol–water partition coefficient (Wildman–Crippen LogP) is 2.77. The summed E-state index contributed by atoms with van der Waals surface area (Å²) >= 11 is 5.08. The molecule has 0 saturated carbocycles. The molecule has 0 bridgehead atoms. The van der Waals surface area contributed by atoms with E-state index in [4.69, 9.17) is 0 Å². The second-order valence-corrected chi connectivity index (χ2v) is 7.39. The van der Waals surface area contributed by atoms with Crippen LogP contribution in [0.2, 0.25) is 0 Å². The number of amides is 2. The van der Waals surface area contributed by atoms with Crippen LogP contribution in [0.1, 0.15) is 32.1 Å². The van der Waals surface area contributed by atoms with Crippen LogP contribution in [-0.2, 0) is 16.1 Å². The number of nitrogens with zero attached hydrogens (tertiary/aromatic N) is 1. The van der Waals surface area contributed by atoms with Crippen molar-refractivity contribution in [3.05, 3.63) is 20.8 Å². The van der Waals surface area contributed by atoms with Gasteiger partial charge in [-0.1, -0.05) is 13.8 Å².